The van der Waals surface area contributed by atoms with E-state index in [-0.39, 0.29) is 18.6 Å². The summed E-state index contributed by atoms with van der Waals surface area (Å²) >= 11 is 0. The number of para-hydroxylation sites is 2. The Kier molecular flexibility index (Phi) is 5.64. The van der Waals surface area contributed by atoms with Gasteiger partial charge in [0.1, 0.15) is 17.4 Å². The Morgan fingerprint density at radius 1 is 1.38 bits per heavy atom. The lowest BCUT2D eigenvalue weighted by atomic mass is 10.1. The van der Waals surface area contributed by atoms with Gasteiger partial charge >= 0.3 is 0 Å². The van der Waals surface area contributed by atoms with Gasteiger partial charge in [-0.15, -0.1) is 0 Å². The summed E-state index contributed by atoms with van der Waals surface area (Å²) in [4.78, 5) is 22.9. The van der Waals surface area contributed by atoms with Gasteiger partial charge in [0, 0.05) is 26.7 Å². The molecule has 9 heteroatoms. The van der Waals surface area contributed by atoms with Crippen molar-refractivity contribution in [2.24, 2.45) is 4.99 Å². The average Bonchev–Trinajstić information content (AvgIpc) is 3.12. The number of ether oxygens (including phenoxy) is 1. The number of aliphatic imine (C=N–C) groups is 1. The zero-order chi connectivity index (χ0) is 20.2. The second kappa shape index (κ2) is 8.50. The normalized spacial score (nSPS) is 18.7. The number of amides is 1. The molecule has 2 aliphatic rings. The second-order valence-corrected chi connectivity index (χ2v) is 7.23. The molecule has 0 fully saturated rings. The lowest BCUT2D eigenvalue weighted by Crippen LogP contribution is -2.43. The first-order valence-corrected chi connectivity index (χ1v) is 10.1. The van der Waals surface area contributed by atoms with E-state index in [9.17, 15) is 4.79 Å². The Morgan fingerprint density at radius 3 is 3.10 bits per heavy atom. The van der Waals surface area contributed by atoms with Crippen LogP contribution in [0.25, 0.3) is 0 Å². The van der Waals surface area contributed by atoms with Crippen LogP contribution in [0.3, 0.4) is 0 Å². The van der Waals surface area contributed by atoms with Crippen LogP contribution in [0.1, 0.15) is 37.0 Å². The molecule has 1 aromatic carbocycles. The number of aromatic nitrogens is 3. The van der Waals surface area contributed by atoms with E-state index in [1.54, 1.807) is 11.9 Å². The number of nitrogens with zero attached hydrogens (tertiary/aromatic N) is 5. The third-order valence-electron chi connectivity index (χ3n) is 5.17. The molecule has 4 rings (SSSR count). The van der Waals surface area contributed by atoms with Crippen LogP contribution in [0, 0.1) is 6.92 Å². The van der Waals surface area contributed by atoms with Gasteiger partial charge in [-0.2, -0.15) is 5.10 Å². The van der Waals surface area contributed by atoms with Crippen molar-refractivity contribution in [3.63, 3.8) is 0 Å². The van der Waals surface area contributed by atoms with Crippen molar-refractivity contribution in [2.75, 3.05) is 31.6 Å². The molecule has 2 aromatic rings. The predicted molar refractivity (Wildman–Crippen MR) is 110 cm³/mol. The van der Waals surface area contributed by atoms with E-state index in [4.69, 9.17) is 4.74 Å². The maximum absolute atomic E-state index is 12.3. The van der Waals surface area contributed by atoms with Crippen molar-refractivity contribution >= 4 is 17.6 Å². The van der Waals surface area contributed by atoms with Crippen LogP contribution < -0.4 is 20.3 Å². The van der Waals surface area contributed by atoms with Crippen molar-refractivity contribution in [2.45, 2.75) is 38.8 Å². The van der Waals surface area contributed by atoms with E-state index < -0.39 is 0 Å². The van der Waals surface area contributed by atoms with Gasteiger partial charge in [-0.05, 0) is 38.3 Å². The molecule has 9 nitrogen and oxygen atoms in total. The molecule has 0 radical (unpaired) electrons. The molecule has 0 bridgehead atoms. The minimum Gasteiger partial charge on any atom is -0.482 e. The SMILES string of the molecule is CN=C(NCCCN1C(=O)COc2ccccc21)NC1CCCn2nc(C)nc21. The first-order valence-electron chi connectivity index (χ1n) is 10.1. The number of aryl methyl sites for hydroxylation is 2. The van der Waals surface area contributed by atoms with Crippen LogP contribution in [-0.4, -0.2) is 53.4 Å². The highest BCUT2D eigenvalue weighted by atomic mass is 16.5. The second-order valence-electron chi connectivity index (χ2n) is 7.23. The number of fused-ring (bicyclic) bond motifs is 2. The molecule has 1 aromatic heterocycles. The highest BCUT2D eigenvalue weighted by molar-refractivity contribution is 5.97. The Bertz CT molecular complexity index is 908. The van der Waals surface area contributed by atoms with E-state index in [0.29, 0.717) is 13.1 Å². The minimum atomic E-state index is -0.0110. The number of carbonyl (C=O) groups is 1. The molecule has 3 heterocycles. The highest BCUT2D eigenvalue weighted by Crippen LogP contribution is 2.31. The third kappa shape index (κ3) is 4.18. The van der Waals surface area contributed by atoms with Gasteiger partial charge in [0.25, 0.3) is 5.91 Å². The van der Waals surface area contributed by atoms with Crippen LogP contribution >= 0.6 is 0 Å². The number of carbonyl (C=O) groups excluding carboxylic acids is 1. The van der Waals surface area contributed by atoms with Crippen LogP contribution in [-0.2, 0) is 11.3 Å². The fourth-order valence-electron chi connectivity index (χ4n) is 3.81. The summed E-state index contributed by atoms with van der Waals surface area (Å²) < 4.78 is 7.47. The number of nitrogens with one attached hydrogen (secondary N) is 2. The fourth-order valence-corrected chi connectivity index (χ4v) is 3.81. The van der Waals surface area contributed by atoms with Crippen LogP contribution in [0.2, 0.25) is 0 Å². The first-order chi connectivity index (χ1) is 14.2. The number of guanidine groups is 1. The van der Waals surface area contributed by atoms with Crippen molar-refractivity contribution in [3.8, 4) is 5.75 Å². The average molecular weight is 397 g/mol. The van der Waals surface area contributed by atoms with Gasteiger partial charge in [0.15, 0.2) is 12.6 Å². The van der Waals surface area contributed by atoms with Crippen molar-refractivity contribution in [1.82, 2.24) is 25.4 Å². The van der Waals surface area contributed by atoms with E-state index in [2.05, 4.69) is 25.7 Å². The van der Waals surface area contributed by atoms with Gasteiger partial charge in [-0.3, -0.25) is 9.79 Å². The van der Waals surface area contributed by atoms with E-state index in [1.165, 1.54) is 0 Å². The molecule has 29 heavy (non-hydrogen) atoms. The van der Waals surface area contributed by atoms with Gasteiger partial charge in [-0.1, -0.05) is 12.1 Å². The number of rotatable bonds is 5. The Labute approximate surface area is 170 Å². The number of hydrogen-bond acceptors (Lipinski definition) is 5. The lowest BCUT2D eigenvalue weighted by molar-refractivity contribution is -0.121. The molecule has 2 N–H and O–H groups in total. The molecule has 2 aliphatic heterocycles. The van der Waals surface area contributed by atoms with Crippen LogP contribution in [0.4, 0.5) is 5.69 Å². The molecule has 0 aliphatic carbocycles. The van der Waals surface area contributed by atoms with Gasteiger partial charge < -0.3 is 20.3 Å². The zero-order valence-corrected chi connectivity index (χ0v) is 16.9. The molecule has 1 unspecified atom stereocenters. The highest BCUT2D eigenvalue weighted by Gasteiger charge is 2.25. The molecular formula is C20H27N7O2. The first kappa shape index (κ1) is 19.2. The molecule has 0 spiro atoms. The smallest absolute Gasteiger partial charge is 0.265 e. The largest absolute Gasteiger partial charge is 0.482 e. The number of hydrogen-bond donors (Lipinski definition) is 2. The maximum atomic E-state index is 12.3. The van der Waals surface area contributed by atoms with Gasteiger partial charge in [0.05, 0.1) is 11.7 Å². The van der Waals surface area contributed by atoms with E-state index in [0.717, 1.165) is 54.9 Å². The van der Waals surface area contributed by atoms with Crippen molar-refractivity contribution in [1.29, 1.82) is 0 Å². The van der Waals surface area contributed by atoms with Crippen LogP contribution in [0.15, 0.2) is 29.3 Å². The quantitative estimate of drug-likeness (QED) is 0.450. The molecule has 0 saturated heterocycles. The third-order valence-corrected chi connectivity index (χ3v) is 5.17. The maximum Gasteiger partial charge on any atom is 0.265 e. The summed E-state index contributed by atoms with van der Waals surface area (Å²) in [6.07, 6.45) is 2.85. The molecular weight excluding hydrogens is 370 g/mol. The molecule has 1 amide bonds. The Hall–Kier alpha value is -3.10. The van der Waals surface area contributed by atoms with Crippen molar-refractivity contribution < 1.29 is 9.53 Å². The van der Waals surface area contributed by atoms with E-state index >= 15 is 0 Å². The lowest BCUT2D eigenvalue weighted by Gasteiger charge is -2.29. The van der Waals surface area contributed by atoms with Gasteiger partial charge in [0.2, 0.25) is 0 Å². The monoisotopic (exact) mass is 397 g/mol. The topological polar surface area (TPSA) is 96.7 Å². The van der Waals surface area contributed by atoms with Gasteiger partial charge in [-0.25, -0.2) is 9.67 Å². The van der Waals surface area contributed by atoms with Crippen molar-refractivity contribution in [3.05, 3.63) is 35.9 Å². The molecule has 0 saturated carbocycles. The summed E-state index contributed by atoms with van der Waals surface area (Å²) in [6.45, 7) is 4.25. The van der Waals surface area contributed by atoms with E-state index in [1.807, 2.05) is 35.9 Å². The predicted octanol–water partition coefficient (Wildman–Crippen LogP) is 1.40. The summed E-state index contributed by atoms with van der Waals surface area (Å²) in [5.74, 6) is 3.24. The van der Waals surface area contributed by atoms with Crippen LogP contribution in [0.5, 0.6) is 5.75 Å². The summed E-state index contributed by atoms with van der Waals surface area (Å²) in [5, 5.41) is 11.2. The zero-order valence-electron chi connectivity index (χ0n) is 16.9. The summed E-state index contributed by atoms with van der Waals surface area (Å²) in [5.41, 5.74) is 0.836. The Morgan fingerprint density at radius 2 is 2.24 bits per heavy atom. The molecule has 154 valence electrons. The minimum absolute atomic E-state index is 0.0110. The summed E-state index contributed by atoms with van der Waals surface area (Å²) in [7, 11) is 1.76. The fraction of sp³-hybridized carbons (Fsp3) is 0.500. The Balaban J connectivity index is 1.30. The standard InChI is InChI=1S/C20H27N7O2/c1-14-23-19-15(7-5-12-27(19)25-14)24-20(21-2)22-10-6-11-26-16-8-3-4-9-17(16)29-13-18(26)28/h3-4,8-9,15H,5-7,10-13H2,1-2H3,(H2,21,22,24). The number of benzene rings is 1. The molecule has 1 atom stereocenters. The number of anilines is 1. The summed E-state index contributed by atoms with van der Waals surface area (Å²) in [6, 6.07) is 7.74.